The number of carbonyl (C=O) groups excluding carboxylic acids is 3. The summed E-state index contributed by atoms with van der Waals surface area (Å²) in [7, 11) is 1.44. The van der Waals surface area contributed by atoms with E-state index in [2.05, 4.69) is 15.9 Å². The van der Waals surface area contributed by atoms with Crippen LogP contribution in [0.4, 0.5) is 4.79 Å². The summed E-state index contributed by atoms with van der Waals surface area (Å²) in [6.07, 6.45) is 3.32. The lowest BCUT2D eigenvalue weighted by molar-refractivity contribution is -0.136. The Balaban J connectivity index is 1.65. The number of phenols is 1. The van der Waals surface area contributed by atoms with Crippen LogP contribution in [0.15, 0.2) is 21.5 Å². The largest absolute Gasteiger partial charge is 0.504 e. The van der Waals surface area contributed by atoms with Crippen molar-refractivity contribution in [2.45, 2.75) is 26.7 Å². The maximum atomic E-state index is 12.1. The van der Waals surface area contributed by atoms with E-state index in [9.17, 15) is 19.5 Å². The fourth-order valence-corrected chi connectivity index (χ4v) is 4.63. The highest BCUT2D eigenvalue weighted by atomic mass is 79.9. The number of imide groups is 1. The van der Waals surface area contributed by atoms with Gasteiger partial charge < -0.3 is 14.7 Å². The van der Waals surface area contributed by atoms with Gasteiger partial charge in [-0.05, 0) is 54.3 Å². The SMILES string of the molecule is CC(C)C(=O)N1CCC(COc2cc(/C=C3\SC(=O)N(C)C3=O)c(Br)cc2O)CC1. The zero-order valence-electron chi connectivity index (χ0n) is 17.2. The molecule has 0 unspecified atom stereocenters. The molecule has 2 heterocycles. The van der Waals surface area contributed by atoms with Gasteiger partial charge in [0.25, 0.3) is 11.1 Å². The third-order valence-electron chi connectivity index (χ3n) is 5.25. The normalized spacial score (nSPS) is 19.3. The number of likely N-dealkylation sites (N-methyl/N-ethyl adjacent to an activating group) is 1. The van der Waals surface area contributed by atoms with E-state index in [-0.39, 0.29) is 28.7 Å². The van der Waals surface area contributed by atoms with Crippen molar-refractivity contribution in [2.24, 2.45) is 11.8 Å². The first-order valence-electron chi connectivity index (χ1n) is 9.83. The number of thioether (sulfide) groups is 1. The van der Waals surface area contributed by atoms with Crippen molar-refractivity contribution in [1.82, 2.24) is 9.80 Å². The number of amides is 3. The van der Waals surface area contributed by atoms with E-state index >= 15 is 0 Å². The molecule has 2 aliphatic heterocycles. The van der Waals surface area contributed by atoms with E-state index in [0.29, 0.717) is 33.2 Å². The molecule has 0 spiro atoms. The molecule has 9 heteroatoms. The smallest absolute Gasteiger partial charge is 0.293 e. The number of benzene rings is 1. The second-order valence-electron chi connectivity index (χ2n) is 7.82. The van der Waals surface area contributed by atoms with E-state index in [4.69, 9.17) is 4.74 Å². The number of likely N-dealkylation sites (tertiary alicyclic amines) is 1. The molecule has 0 bridgehead atoms. The van der Waals surface area contributed by atoms with Crippen LogP contribution in [0.2, 0.25) is 0 Å². The number of phenolic OH excluding ortho intramolecular Hbond substituents is 1. The number of carbonyl (C=O) groups is 3. The van der Waals surface area contributed by atoms with E-state index < -0.39 is 0 Å². The molecule has 0 aliphatic carbocycles. The van der Waals surface area contributed by atoms with Crippen LogP contribution in [-0.2, 0) is 9.59 Å². The van der Waals surface area contributed by atoms with Crippen LogP contribution < -0.4 is 4.74 Å². The molecule has 3 rings (SSSR count). The summed E-state index contributed by atoms with van der Waals surface area (Å²) < 4.78 is 6.47. The molecule has 1 aromatic carbocycles. The fourth-order valence-electron chi connectivity index (χ4n) is 3.36. The highest BCUT2D eigenvalue weighted by Gasteiger charge is 2.32. The topological polar surface area (TPSA) is 87.2 Å². The number of hydrogen-bond acceptors (Lipinski definition) is 6. The van der Waals surface area contributed by atoms with Gasteiger partial charge in [-0.1, -0.05) is 29.8 Å². The van der Waals surface area contributed by atoms with Crippen LogP contribution in [0.5, 0.6) is 11.5 Å². The molecular formula is C21H25BrN2O5S. The lowest BCUT2D eigenvalue weighted by Gasteiger charge is -2.33. The number of halogens is 1. The van der Waals surface area contributed by atoms with Gasteiger partial charge in [0.1, 0.15) is 0 Å². The molecule has 3 amide bonds. The molecule has 1 aromatic rings. The Morgan fingerprint density at radius 1 is 1.33 bits per heavy atom. The van der Waals surface area contributed by atoms with Crippen LogP contribution >= 0.6 is 27.7 Å². The van der Waals surface area contributed by atoms with Crippen molar-refractivity contribution in [3.05, 3.63) is 27.1 Å². The van der Waals surface area contributed by atoms with Crippen molar-refractivity contribution in [1.29, 1.82) is 0 Å². The van der Waals surface area contributed by atoms with Crippen molar-refractivity contribution in [3.63, 3.8) is 0 Å². The predicted octanol–water partition coefficient (Wildman–Crippen LogP) is 4.09. The number of piperidine rings is 1. The summed E-state index contributed by atoms with van der Waals surface area (Å²) in [6, 6.07) is 3.17. The number of aromatic hydroxyl groups is 1. The maximum absolute atomic E-state index is 12.1. The fraction of sp³-hybridized carbons (Fsp3) is 0.476. The number of hydrogen-bond donors (Lipinski definition) is 1. The van der Waals surface area contributed by atoms with Crippen LogP contribution in [0.3, 0.4) is 0 Å². The van der Waals surface area contributed by atoms with Crippen molar-refractivity contribution in [3.8, 4) is 11.5 Å². The quantitative estimate of drug-likeness (QED) is 0.617. The molecule has 0 atom stereocenters. The Morgan fingerprint density at radius 3 is 2.57 bits per heavy atom. The second kappa shape index (κ2) is 9.43. The molecule has 0 aromatic heterocycles. The van der Waals surface area contributed by atoms with E-state index in [0.717, 1.165) is 42.6 Å². The van der Waals surface area contributed by atoms with Gasteiger partial charge in [0, 0.05) is 30.5 Å². The monoisotopic (exact) mass is 496 g/mol. The minimum atomic E-state index is -0.352. The Labute approximate surface area is 188 Å². The molecule has 7 nitrogen and oxygen atoms in total. The summed E-state index contributed by atoms with van der Waals surface area (Å²) in [5.41, 5.74) is 0.638. The molecular weight excluding hydrogens is 472 g/mol. The minimum absolute atomic E-state index is 0.00459. The highest BCUT2D eigenvalue weighted by Crippen LogP contribution is 2.37. The maximum Gasteiger partial charge on any atom is 0.293 e. The lowest BCUT2D eigenvalue weighted by Crippen LogP contribution is -2.41. The standard InChI is InChI=1S/C21H25BrN2O5S/c1-12(2)19(26)24-6-4-13(5-7-24)11-29-17-8-14(15(22)10-16(17)25)9-18-20(27)23(3)21(28)30-18/h8-10,12-13,25H,4-7,11H2,1-3H3/b18-9-. The molecule has 2 fully saturated rings. The van der Waals surface area contributed by atoms with Gasteiger partial charge >= 0.3 is 0 Å². The summed E-state index contributed by atoms with van der Waals surface area (Å²) in [4.78, 5) is 39.2. The van der Waals surface area contributed by atoms with Crippen LogP contribution in [-0.4, -0.2) is 58.7 Å². The Morgan fingerprint density at radius 2 is 2.00 bits per heavy atom. The zero-order chi connectivity index (χ0) is 22.0. The van der Waals surface area contributed by atoms with E-state index in [1.807, 2.05) is 18.7 Å². The third-order valence-corrected chi connectivity index (χ3v) is 6.89. The summed E-state index contributed by atoms with van der Waals surface area (Å²) in [5.74, 6) is 0.446. The van der Waals surface area contributed by atoms with E-state index in [1.165, 1.54) is 13.1 Å². The first-order chi connectivity index (χ1) is 14.2. The molecule has 0 radical (unpaired) electrons. The molecule has 2 saturated heterocycles. The summed E-state index contributed by atoms with van der Waals surface area (Å²) >= 11 is 4.26. The first kappa shape index (κ1) is 22.7. The van der Waals surface area contributed by atoms with Crippen molar-refractivity contribution < 1.29 is 24.2 Å². The second-order valence-corrected chi connectivity index (χ2v) is 9.66. The van der Waals surface area contributed by atoms with Gasteiger partial charge in [-0.15, -0.1) is 0 Å². The molecule has 2 aliphatic rings. The molecule has 30 heavy (non-hydrogen) atoms. The Hall–Kier alpha value is -2.00. The third kappa shape index (κ3) is 5.00. The average Bonchev–Trinajstić information content (AvgIpc) is 2.95. The van der Waals surface area contributed by atoms with E-state index in [1.54, 1.807) is 12.1 Å². The van der Waals surface area contributed by atoms with Crippen LogP contribution in [0, 0.1) is 11.8 Å². The van der Waals surface area contributed by atoms with Crippen LogP contribution in [0.1, 0.15) is 32.3 Å². The van der Waals surface area contributed by atoms with Crippen LogP contribution in [0.25, 0.3) is 6.08 Å². The molecule has 0 saturated carbocycles. The lowest BCUT2D eigenvalue weighted by atomic mass is 9.97. The molecule has 162 valence electrons. The molecule has 1 N–H and O–H groups in total. The Kier molecular flexibility index (Phi) is 7.13. The highest BCUT2D eigenvalue weighted by molar-refractivity contribution is 9.10. The van der Waals surface area contributed by atoms with Gasteiger partial charge in [-0.25, -0.2) is 0 Å². The first-order valence-corrected chi connectivity index (χ1v) is 11.4. The van der Waals surface area contributed by atoms with Gasteiger partial charge in [0.2, 0.25) is 5.91 Å². The number of nitrogens with zero attached hydrogens (tertiary/aromatic N) is 2. The average molecular weight is 497 g/mol. The summed E-state index contributed by atoms with van der Waals surface area (Å²) in [5, 5.41) is 9.94. The van der Waals surface area contributed by atoms with Gasteiger partial charge in [-0.2, -0.15) is 0 Å². The summed E-state index contributed by atoms with van der Waals surface area (Å²) in [6.45, 7) is 5.69. The number of ether oxygens (including phenoxy) is 1. The zero-order valence-corrected chi connectivity index (χ0v) is 19.6. The Bertz CT molecular complexity index is 894. The van der Waals surface area contributed by atoms with Gasteiger partial charge in [0.05, 0.1) is 11.5 Å². The minimum Gasteiger partial charge on any atom is -0.504 e. The van der Waals surface area contributed by atoms with Gasteiger partial charge in [0.15, 0.2) is 11.5 Å². The van der Waals surface area contributed by atoms with Crippen molar-refractivity contribution >= 4 is 50.8 Å². The number of rotatable bonds is 5. The van der Waals surface area contributed by atoms with Gasteiger partial charge in [-0.3, -0.25) is 19.3 Å². The predicted molar refractivity (Wildman–Crippen MR) is 119 cm³/mol. The van der Waals surface area contributed by atoms with Crippen molar-refractivity contribution in [2.75, 3.05) is 26.7 Å².